The molecule has 0 unspecified atom stereocenters. The third kappa shape index (κ3) is 4.84. The van der Waals surface area contributed by atoms with E-state index in [2.05, 4.69) is 13.8 Å². The van der Waals surface area contributed by atoms with Gasteiger partial charge in [-0.25, -0.2) is 0 Å². The van der Waals surface area contributed by atoms with Gasteiger partial charge in [-0.05, 0) is 0 Å². The second-order valence-corrected chi connectivity index (χ2v) is 2.41. The summed E-state index contributed by atoms with van der Waals surface area (Å²) in [4.78, 5) is 0. The molecule has 0 radical (unpaired) electrons. The Kier molecular flexibility index (Phi) is 4.58. The first kappa shape index (κ1) is 6.84. The van der Waals surface area contributed by atoms with E-state index in [0.717, 1.165) is 6.61 Å². The van der Waals surface area contributed by atoms with Crippen molar-refractivity contribution in [3.05, 3.63) is 0 Å². The fourth-order valence-electron chi connectivity index (χ4n) is 0.167. The molecular weight excluding hydrogens is 155 g/mol. The molecule has 0 spiro atoms. The van der Waals surface area contributed by atoms with Crippen molar-refractivity contribution < 1.29 is 28.0 Å². The van der Waals surface area contributed by atoms with E-state index >= 15 is 0 Å². The summed E-state index contributed by atoms with van der Waals surface area (Å²) in [5.74, 6) is 0.698. The van der Waals surface area contributed by atoms with E-state index < -0.39 is 0 Å². The van der Waals surface area contributed by atoms with Crippen LogP contribution in [0.4, 0.5) is 0 Å². The average molecular weight is 164 g/mol. The summed E-state index contributed by atoms with van der Waals surface area (Å²) in [6.07, 6.45) is 0. The Labute approximate surface area is 54.5 Å². The normalized spacial score (nSPS) is 9.67. The molecule has 0 N–H and O–H groups in total. The van der Waals surface area contributed by atoms with Gasteiger partial charge in [0.1, 0.15) is 0 Å². The maximum atomic E-state index is 4.89. The second kappa shape index (κ2) is 4.01. The van der Waals surface area contributed by atoms with Crippen LogP contribution >= 0.6 is 0 Å². The van der Waals surface area contributed by atoms with Crippen molar-refractivity contribution in [2.75, 3.05) is 6.61 Å². The maximum absolute atomic E-state index is 4.89. The van der Waals surface area contributed by atoms with Crippen LogP contribution in [0.5, 0.6) is 0 Å². The van der Waals surface area contributed by atoms with Gasteiger partial charge in [0, 0.05) is 0 Å². The summed E-state index contributed by atoms with van der Waals surface area (Å²) in [5, 5.41) is 0. The summed E-state index contributed by atoms with van der Waals surface area (Å²) in [7, 11) is 0. The fourth-order valence-corrected chi connectivity index (χ4v) is 0.986. The topological polar surface area (TPSA) is 9.23 Å². The van der Waals surface area contributed by atoms with Crippen LogP contribution in [0, 0.1) is 5.92 Å². The van der Waals surface area contributed by atoms with Gasteiger partial charge in [-0.2, -0.15) is 0 Å². The van der Waals surface area contributed by atoms with Crippen molar-refractivity contribution >= 4 is 0 Å². The van der Waals surface area contributed by atoms with Crippen LogP contribution < -0.4 is 0 Å². The number of hydrogen-bond donors (Lipinski definition) is 0. The first-order valence-electron chi connectivity index (χ1n) is 2.06. The molecule has 1 nitrogen and oxygen atoms in total. The van der Waals surface area contributed by atoms with Crippen LogP contribution in [0.3, 0.4) is 0 Å². The van der Waals surface area contributed by atoms with Gasteiger partial charge in [-0.1, -0.05) is 0 Å². The van der Waals surface area contributed by atoms with E-state index in [1.54, 1.807) is 0 Å². The molecule has 0 aromatic rings. The van der Waals surface area contributed by atoms with Crippen LogP contribution in [0.2, 0.25) is 0 Å². The van der Waals surface area contributed by atoms with Gasteiger partial charge in [0.15, 0.2) is 0 Å². The van der Waals surface area contributed by atoms with E-state index in [-0.39, 0.29) is 0 Å². The monoisotopic (exact) mass is 163 g/mol. The predicted octanol–water partition coefficient (Wildman–Crippen LogP) is 1.12. The molecule has 0 saturated carbocycles. The van der Waals surface area contributed by atoms with E-state index in [1.165, 1.54) is 25.2 Å². The van der Waals surface area contributed by atoms with E-state index in [0.29, 0.717) is 5.92 Å². The molecule has 0 aromatic heterocycles. The summed E-state index contributed by atoms with van der Waals surface area (Å²) < 4.78 is 4.89. The molecule has 0 saturated heterocycles. The van der Waals surface area contributed by atoms with Crippen molar-refractivity contribution in [1.82, 2.24) is 0 Å². The van der Waals surface area contributed by atoms with Gasteiger partial charge in [0.2, 0.25) is 0 Å². The molecule has 0 aliphatic carbocycles. The van der Waals surface area contributed by atoms with E-state index in [9.17, 15) is 0 Å². The number of hydrogen-bond acceptors (Lipinski definition) is 1. The zero-order valence-corrected chi connectivity index (χ0v) is 6.65. The molecule has 0 aromatic carbocycles. The molecule has 0 amide bonds. The van der Waals surface area contributed by atoms with Crippen molar-refractivity contribution in [3.63, 3.8) is 0 Å². The van der Waals surface area contributed by atoms with Gasteiger partial charge in [0.05, 0.1) is 0 Å². The van der Waals surface area contributed by atoms with Gasteiger partial charge in [-0.3, -0.25) is 0 Å². The molecule has 2 heteroatoms. The van der Waals surface area contributed by atoms with E-state index in [4.69, 9.17) is 2.81 Å². The Morgan fingerprint density at radius 1 is 1.67 bits per heavy atom. The van der Waals surface area contributed by atoms with Gasteiger partial charge in [0.25, 0.3) is 0 Å². The molecular formula is C4H9OZr. The molecule has 0 bridgehead atoms. The molecule has 0 aliphatic heterocycles. The minimum absolute atomic E-state index is 0.698. The first-order chi connectivity index (χ1) is 2.77. The average Bonchev–Trinajstić information content (AvgIpc) is 1.35. The van der Waals surface area contributed by atoms with Crippen LogP contribution in [0.25, 0.3) is 0 Å². The van der Waals surface area contributed by atoms with Crippen molar-refractivity contribution in [3.8, 4) is 0 Å². The van der Waals surface area contributed by atoms with Crippen molar-refractivity contribution in [1.29, 1.82) is 0 Å². The Balaban J connectivity index is 2.63. The number of rotatable bonds is 2. The van der Waals surface area contributed by atoms with Gasteiger partial charge in [-0.15, -0.1) is 0 Å². The molecule has 0 heterocycles. The van der Waals surface area contributed by atoms with Crippen LogP contribution in [0.1, 0.15) is 13.8 Å². The summed E-state index contributed by atoms with van der Waals surface area (Å²) in [6, 6.07) is 0. The van der Waals surface area contributed by atoms with E-state index in [1.807, 2.05) is 0 Å². The molecule has 0 rings (SSSR count). The third-order valence-electron chi connectivity index (χ3n) is 0.417. The molecule has 0 fully saturated rings. The predicted molar refractivity (Wildman–Crippen MR) is 20.8 cm³/mol. The summed E-state index contributed by atoms with van der Waals surface area (Å²) in [6.45, 7) is 5.20. The second-order valence-electron chi connectivity index (χ2n) is 1.70. The Morgan fingerprint density at radius 2 is 2.17 bits per heavy atom. The first-order valence-corrected chi connectivity index (χ1v) is 3.06. The third-order valence-corrected chi connectivity index (χ3v) is 0.826. The molecule has 0 atom stereocenters. The minimum atomic E-state index is 0.698. The molecule has 0 aliphatic rings. The summed E-state index contributed by atoms with van der Waals surface area (Å²) in [5.41, 5.74) is 0. The fraction of sp³-hybridized carbons (Fsp3) is 1.00. The quantitative estimate of drug-likeness (QED) is 0.594. The van der Waals surface area contributed by atoms with Gasteiger partial charge < -0.3 is 0 Å². The zero-order valence-electron chi connectivity index (χ0n) is 4.19. The van der Waals surface area contributed by atoms with Crippen molar-refractivity contribution in [2.24, 2.45) is 5.92 Å². The Hall–Kier alpha value is 0.843. The van der Waals surface area contributed by atoms with Crippen LogP contribution in [0.15, 0.2) is 0 Å². The van der Waals surface area contributed by atoms with Gasteiger partial charge >= 0.3 is 54.3 Å². The van der Waals surface area contributed by atoms with Crippen LogP contribution in [-0.4, -0.2) is 6.61 Å². The molecule has 6 heavy (non-hydrogen) atoms. The van der Waals surface area contributed by atoms with Crippen LogP contribution in [-0.2, 0) is 28.0 Å². The standard InChI is InChI=1S/C4H9O.Zr/c1-4(2)3-5;/h4H,3H2,1-2H3;/q-1;+1. The Bertz CT molecular complexity index is 28.7. The van der Waals surface area contributed by atoms with Crippen molar-refractivity contribution in [2.45, 2.75) is 13.8 Å². The molecule has 35 valence electrons. The zero-order chi connectivity index (χ0) is 4.99. The SMILES string of the molecule is CC(C)C[O][Zr]. The Morgan fingerprint density at radius 3 is 2.17 bits per heavy atom. The summed E-state index contributed by atoms with van der Waals surface area (Å²) >= 11 is 1.18.